The molecule has 0 N–H and O–H groups in total. The molecule has 0 radical (unpaired) electrons. The first kappa shape index (κ1) is 27.7. The van der Waals surface area contributed by atoms with E-state index in [2.05, 4.69) is 23.8 Å². The van der Waals surface area contributed by atoms with E-state index in [1.165, 1.54) is 0 Å². The molecule has 0 aromatic heterocycles. The summed E-state index contributed by atoms with van der Waals surface area (Å²) in [5.41, 5.74) is -2.36. The minimum Gasteiger partial charge on any atom is -0.475 e. The third kappa shape index (κ3) is 7.76. The van der Waals surface area contributed by atoms with E-state index in [-0.39, 0.29) is 24.3 Å². The fourth-order valence-corrected chi connectivity index (χ4v) is 3.12. The number of carbonyl (C=O) groups excluding carboxylic acids is 2. The molecule has 0 amide bonds. The Morgan fingerprint density at radius 3 is 2.34 bits per heavy atom. The number of esters is 1. The molecule has 0 saturated carbocycles. The molecule has 1 aliphatic rings. The average molecular weight is 547 g/mol. The molecule has 1 heterocycles. The number of fused-ring (bicyclic) bond motifs is 1. The van der Waals surface area contributed by atoms with Gasteiger partial charge in [0.25, 0.3) is 5.09 Å². The lowest BCUT2D eigenvalue weighted by molar-refractivity contribution is -0.759. The van der Waals surface area contributed by atoms with Crippen molar-refractivity contribution in [1.29, 1.82) is 0 Å². The summed E-state index contributed by atoms with van der Waals surface area (Å²) in [6, 6.07) is -0.121. The molecule has 10 nitrogen and oxygen atoms in total. The van der Waals surface area contributed by atoms with Crippen molar-refractivity contribution < 1.29 is 71.1 Å². The highest BCUT2D eigenvalue weighted by Gasteiger charge is 2.65. The van der Waals surface area contributed by atoms with Gasteiger partial charge >= 0.3 is 28.5 Å². The predicted octanol–water partition coefficient (Wildman–Crippen LogP) is 5.30. The van der Waals surface area contributed by atoms with Crippen LogP contribution in [-0.4, -0.2) is 49.0 Å². The molecular formula is C16H13F8NO9S. The van der Waals surface area contributed by atoms with Crippen molar-refractivity contribution in [3.05, 3.63) is 39.4 Å². The highest BCUT2D eigenvalue weighted by molar-refractivity contribution is 8.45. The standard InChI is InChI=1S/C16H13F8NO9S/c1-8(6-32-25(28)29)33-15(27)31-7-30-14(26)11-5-9-4-10(35(20,21,22,23)24)2-3-12(9)34-13(11)16(17,18)19/h2-5,8,13H,6-7H2,1H3/t8?,13-/m0/s1. The van der Waals surface area contributed by atoms with Crippen molar-refractivity contribution >= 4 is 28.4 Å². The number of ether oxygens (including phenoxy) is 4. The maximum Gasteiger partial charge on any atom is 0.511 e. The van der Waals surface area contributed by atoms with Crippen LogP contribution >= 0.6 is 10.2 Å². The second-order valence-electron chi connectivity index (χ2n) is 6.70. The average Bonchev–Trinajstić information content (AvgIpc) is 2.68. The first-order valence-corrected chi connectivity index (χ1v) is 10.7. The lowest BCUT2D eigenvalue weighted by Gasteiger charge is -2.41. The number of benzene rings is 1. The molecule has 2 rings (SSSR count). The van der Waals surface area contributed by atoms with Gasteiger partial charge in [-0.05, 0) is 31.2 Å². The van der Waals surface area contributed by atoms with Gasteiger partial charge in [-0.1, -0.05) is 19.4 Å². The van der Waals surface area contributed by atoms with E-state index in [1.54, 1.807) is 0 Å². The first-order chi connectivity index (χ1) is 15.7. The van der Waals surface area contributed by atoms with Gasteiger partial charge in [-0.3, -0.25) is 0 Å². The summed E-state index contributed by atoms with van der Waals surface area (Å²) in [6.07, 6.45) is -11.0. The van der Waals surface area contributed by atoms with E-state index < -0.39 is 81.0 Å². The van der Waals surface area contributed by atoms with Gasteiger partial charge in [-0.15, -0.1) is 10.1 Å². The van der Waals surface area contributed by atoms with E-state index in [0.29, 0.717) is 0 Å². The molecule has 19 heteroatoms. The molecule has 1 aromatic carbocycles. The molecular weight excluding hydrogens is 534 g/mol. The molecule has 0 bridgehead atoms. The molecule has 1 unspecified atom stereocenters. The summed E-state index contributed by atoms with van der Waals surface area (Å²) < 4.78 is 123. The van der Waals surface area contributed by atoms with Crippen LogP contribution in [0, 0.1) is 10.1 Å². The number of halogens is 8. The summed E-state index contributed by atoms with van der Waals surface area (Å²) in [5, 5.41) is 8.84. The molecule has 0 spiro atoms. The van der Waals surface area contributed by atoms with Crippen LogP contribution in [0.1, 0.15) is 12.5 Å². The van der Waals surface area contributed by atoms with Crippen molar-refractivity contribution in [1.82, 2.24) is 0 Å². The van der Waals surface area contributed by atoms with Crippen LogP contribution in [0.15, 0.2) is 28.7 Å². The zero-order valence-corrected chi connectivity index (χ0v) is 17.7. The third-order valence-electron chi connectivity index (χ3n) is 3.88. The van der Waals surface area contributed by atoms with E-state index in [0.717, 1.165) is 6.92 Å². The monoisotopic (exact) mass is 547 g/mol. The van der Waals surface area contributed by atoms with E-state index in [1.807, 2.05) is 0 Å². The van der Waals surface area contributed by atoms with E-state index >= 15 is 0 Å². The maximum absolute atomic E-state index is 13.3. The van der Waals surface area contributed by atoms with Gasteiger partial charge in [0.1, 0.15) is 23.4 Å². The number of hydrogen-bond donors (Lipinski definition) is 0. The van der Waals surface area contributed by atoms with Gasteiger partial charge in [0.15, 0.2) is 0 Å². The van der Waals surface area contributed by atoms with Gasteiger partial charge < -0.3 is 23.8 Å². The smallest absolute Gasteiger partial charge is 0.475 e. The summed E-state index contributed by atoms with van der Waals surface area (Å²) in [7, 11) is -10.2. The Morgan fingerprint density at radius 1 is 1.17 bits per heavy atom. The lowest BCUT2D eigenvalue weighted by Crippen LogP contribution is -2.41. The van der Waals surface area contributed by atoms with Crippen LogP contribution in [-0.2, 0) is 23.8 Å². The SMILES string of the molecule is CC(CO[N+](=O)[O-])OC(=O)OCOC(=O)C1=Cc2cc(S(F)(F)(F)(F)F)ccc2O[C@@H]1C(F)(F)F. The number of carbonyl (C=O) groups is 2. The van der Waals surface area contributed by atoms with Crippen molar-refractivity contribution in [2.75, 3.05) is 13.4 Å². The molecule has 0 aliphatic carbocycles. The van der Waals surface area contributed by atoms with Crippen LogP contribution in [0.25, 0.3) is 6.08 Å². The van der Waals surface area contributed by atoms with Gasteiger partial charge in [0.05, 0.1) is 5.57 Å². The van der Waals surface area contributed by atoms with Gasteiger partial charge in [-0.25, -0.2) is 9.59 Å². The molecule has 0 saturated heterocycles. The highest BCUT2D eigenvalue weighted by atomic mass is 32.5. The minimum absolute atomic E-state index is 0.165. The zero-order valence-electron chi connectivity index (χ0n) is 16.9. The van der Waals surface area contributed by atoms with Crippen LogP contribution in [0.4, 0.5) is 37.4 Å². The van der Waals surface area contributed by atoms with Crippen molar-refractivity contribution in [2.45, 2.75) is 30.2 Å². The third-order valence-corrected chi connectivity index (χ3v) is 5.02. The van der Waals surface area contributed by atoms with Crippen molar-refractivity contribution in [3.63, 3.8) is 0 Å². The summed E-state index contributed by atoms with van der Waals surface area (Å²) in [5.74, 6) is -2.76. The normalized spacial score (nSPS) is 18.4. The Bertz CT molecular complexity index is 1060. The van der Waals surface area contributed by atoms with Gasteiger partial charge in [0.2, 0.25) is 12.9 Å². The molecule has 1 aliphatic heterocycles. The van der Waals surface area contributed by atoms with E-state index in [4.69, 9.17) is 0 Å². The Kier molecular flexibility index (Phi) is 6.82. The first-order valence-electron chi connectivity index (χ1n) is 8.78. The number of nitrogens with zero attached hydrogens (tertiary/aromatic N) is 1. The molecule has 1 aromatic rings. The lowest BCUT2D eigenvalue weighted by atomic mass is 10.0. The van der Waals surface area contributed by atoms with Crippen LogP contribution in [0.3, 0.4) is 0 Å². The zero-order chi connectivity index (χ0) is 26.9. The fraction of sp³-hybridized carbons (Fsp3) is 0.375. The fourth-order valence-electron chi connectivity index (χ4n) is 2.44. The molecule has 2 atom stereocenters. The van der Waals surface area contributed by atoms with Crippen molar-refractivity contribution in [3.8, 4) is 5.75 Å². The topological polar surface area (TPSA) is 123 Å². The number of rotatable bonds is 8. The highest BCUT2D eigenvalue weighted by Crippen LogP contribution is 3.02. The van der Waals surface area contributed by atoms with Gasteiger partial charge in [0, 0.05) is 5.56 Å². The number of alkyl halides is 3. The molecule has 198 valence electrons. The van der Waals surface area contributed by atoms with Crippen LogP contribution in [0.5, 0.6) is 5.75 Å². The second kappa shape index (κ2) is 8.61. The second-order valence-corrected chi connectivity index (χ2v) is 9.11. The Balaban J connectivity index is 2.18. The number of hydrogen-bond acceptors (Lipinski definition) is 9. The molecule has 35 heavy (non-hydrogen) atoms. The largest absolute Gasteiger partial charge is 0.511 e. The van der Waals surface area contributed by atoms with Gasteiger partial charge in [-0.2, -0.15) is 13.2 Å². The Labute approximate surface area is 189 Å². The van der Waals surface area contributed by atoms with Crippen LogP contribution in [0.2, 0.25) is 0 Å². The van der Waals surface area contributed by atoms with Crippen molar-refractivity contribution in [2.24, 2.45) is 0 Å². The minimum atomic E-state index is -10.2. The summed E-state index contributed by atoms with van der Waals surface area (Å²) >= 11 is 0. The summed E-state index contributed by atoms with van der Waals surface area (Å²) in [6.45, 7) is -0.937. The Hall–Kier alpha value is -3.51. The Morgan fingerprint density at radius 2 is 1.80 bits per heavy atom. The maximum atomic E-state index is 13.3. The summed E-state index contributed by atoms with van der Waals surface area (Å²) in [4.78, 5) is 35.0. The predicted molar refractivity (Wildman–Crippen MR) is 97.2 cm³/mol. The molecule has 0 fully saturated rings. The quantitative estimate of drug-likeness (QED) is 0.140. The van der Waals surface area contributed by atoms with E-state index in [9.17, 15) is 52.3 Å². The van der Waals surface area contributed by atoms with Crippen LogP contribution < -0.4 is 4.74 Å².